The molecule has 0 radical (unpaired) electrons. The number of nitrogens with zero attached hydrogens (tertiary/aromatic N) is 2. The lowest BCUT2D eigenvalue weighted by Gasteiger charge is -2.33. The van der Waals surface area contributed by atoms with Crippen molar-refractivity contribution in [2.24, 2.45) is 0 Å². The molecule has 4 rings (SSSR count). The smallest absolute Gasteiger partial charge is 0.289 e. The summed E-state index contributed by atoms with van der Waals surface area (Å²) in [6.45, 7) is 3.10. The molecule has 1 fully saturated rings. The summed E-state index contributed by atoms with van der Waals surface area (Å²) >= 11 is 4.67. The molecule has 3 aromatic rings. The molecule has 0 saturated carbocycles. The molecule has 0 bridgehead atoms. The lowest BCUT2D eigenvalue weighted by Crippen LogP contribution is -2.50. The van der Waals surface area contributed by atoms with E-state index in [-0.39, 0.29) is 24.8 Å². The van der Waals surface area contributed by atoms with E-state index in [1.807, 2.05) is 25.1 Å². The van der Waals surface area contributed by atoms with Gasteiger partial charge in [-0.05, 0) is 43.3 Å². The maximum Gasteiger partial charge on any atom is 0.289 e. The van der Waals surface area contributed by atoms with E-state index in [2.05, 4.69) is 15.9 Å². The predicted octanol–water partition coefficient (Wildman–Crippen LogP) is 3.71. The first-order chi connectivity index (χ1) is 12.8. The van der Waals surface area contributed by atoms with Crippen molar-refractivity contribution in [3.05, 3.63) is 51.5 Å². The third kappa shape index (κ3) is 3.56. The molecule has 1 aromatic carbocycles. The summed E-state index contributed by atoms with van der Waals surface area (Å²) in [5, 5.41) is 0.849. The number of aryl methyl sites for hydroxylation is 1. The molecule has 0 unspecified atom stereocenters. The summed E-state index contributed by atoms with van der Waals surface area (Å²) in [6, 6.07) is 10.7. The van der Waals surface area contributed by atoms with Gasteiger partial charge in [0.05, 0.1) is 0 Å². The van der Waals surface area contributed by atoms with Crippen molar-refractivity contribution < 1.29 is 17.6 Å². The summed E-state index contributed by atoms with van der Waals surface area (Å²) in [4.78, 5) is 15.3. The van der Waals surface area contributed by atoms with Crippen LogP contribution in [-0.4, -0.2) is 49.7 Å². The Morgan fingerprint density at radius 1 is 1.11 bits per heavy atom. The Kier molecular flexibility index (Phi) is 4.87. The predicted molar refractivity (Wildman–Crippen MR) is 108 cm³/mol. The van der Waals surface area contributed by atoms with E-state index in [1.165, 1.54) is 15.6 Å². The summed E-state index contributed by atoms with van der Waals surface area (Å²) in [5.41, 5.74) is 0.649. The number of rotatable bonds is 3. The van der Waals surface area contributed by atoms with Crippen molar-refractivity contribution in [2.75, 3.05) is 26.2 Å². The first-order valence-electron chi connectivity index (χ1n) is 8.39. The molecule has 27 heavy (non-hydrogen) atoms. The highest BCUT2D eigenvalue weighted by Crippen LogP contribution is 2.27. The van der Waals surface area contributed by atoms with Gasteiger partial charge in [-0.25, -0.2) is 8.42 Å². The van der Waals surface area contributed by atoms with Crippen LogP contribution in [0.15, 0.2) is 49.5 Å². The molecule has 3 heterocycles. The van der Waals surface area contributed by atoms with Crippen LogP contribution in [0.1, 0.15) is 15.4 Å². The standard InChI is InChI=1S/C18H17BrN2O4S2/c1-12-2-5-17(26-12)27(23,24)21-8-6-20(7-9-21)18(22)16-11-13-10-14(19)3-4-15(13)25-16/h2-5,10-11H,6-9H2,1H3. The number of carbonyl (C=O) groups excluding carboxylic acids is 1. The van der Waals surface area contributed by atoms with E-state index in [0.29, 0.717) is 22.9 Å². The number of hydrogen-bond donors (Lipinski definition) is 0. The Morgan fingerprint density at radius 3 is 2.52 bits per heavy atom. The molecule has 0 N–H and O–H groups in total. The van der Waals surface area contributed by atoms with Gasteiger partial charge in [-0.1, -0.05) is 15.9 Å². The molecule has 2 aromatic heterocycles. The molecule has 142 valence electrons. The summed E-state index contributed by atoms with van der Waals surface area (Å²) < 4.78 is 33.8. The van der Waals surface area contributed by atoms with Gasteiger partial charge >= 0.3 is 0 Å². The van der Waals surface area contributed by atoms with Crippen LogP contribution in [0.3, 0.4) is 0 Å². The molecule has 1 saturated heterocycles. The number of thiophene rings is 1. The molecule has 0 spiro atoms. The number of benzene rings is 1. The zero-order chi connectivity index (χ0) is 19.2. The lowest BCUT2D eigenvalue weighted by molar-refractivity contribution is 0.0668. The Bertz CT molecular complexity index is 1110. The van der Waals surface area contributed by atoms with Crippen LogP contribution in [0.5, 0.6) is 0 Å². The summed E-state index contributed by atoms with van der Waals surface area (Å²) in [7, 11) is -3.50. The zero-order valence-corrected chi connectivity index (χ0v) is 17.7. The average molecular weight is 469 g/mol. The number of hydrogen-bond acceptors (Lipinski definition) is 5. The Labute approximate surface area is 169 Å². The second kappa shape index (κ2) is 7.05. The highest BCUT2D eigenvalue weighted by atomic mass is 79.9. The average Bonchev–Trinajstić information content (AvgIpc) is 3.27. The van der Waals surface area contributed by atoms with E-state index in [0.717, 1.165) is 14.7 Å². The van der Waals surface area contributed by atoms with Crippen molar-refractivity contribution in [3.63, 3.8) is 0 Å². The highest BCUT2D eigenvalue weighted by molar-refractivity contribution is 9.10. The molecule has 0 aliphatic carbocycles. The Hall–Kier alpha value is -1.68. The van der Waals surface area contributed by atoms with Gasteiger partial charge in [-0.3, -0.25) is 4.79 Å². The van der Waals surface area contributed by atoms with Gasteiger partial charge in [-0.15, -0.1) is 11.3 Å². The molecule has 1 aliphatic rings. The maximum absolute atomic E-state index is 12.7. The van der Waals surface area contributed by atoms with Gasteiger partial charge in [0.25, 0.3) is 15.9 Å². The molecule has 6 nitrogen and oxygen atoms in total. The van der Waals surface area contributed by atoms with Gasteiger partial charge < -0.3 is 9.32 Å². The summed E-state index contributed by atoms with van der Waals surface area (Å²) in [5.74, 6) is 0.0552. The number of amides is 1. The fourth-order valence-corrected chi connectivity index (χ4v) is 6.32. The molecule has 1 aliphatic heterocycles. The second-order valence-corrected chi connectivity index (χ2v) is 10.7. The topological polar surface area (TPSA) is 70.8 Å². The van der Waals surface area contributed by atoms with Crippen LogP contribution in [0.2, 0.25) is 0 Å². The molecule has 9 heteroatoms. The van der Waals surface area contributed by atoms with E-state index >= 15 is 0 Å². The van der Waals surface area contributed by atoms with Crippen molar-refractivity contribution >= 4 is 54.2 Å². The highest BCUT2D eigenvalue weighted by Gasteiger charge is 2.32. The van der Waals surface area contributed by atoms with E-state index in [1.54, 1.807) is 23.1 Å². The van der Waals surface area contributed by atoms with Gasteiger partial charge in [0.15, 0.2) is 5.76 Å². The van der Waals surface area contributed by atoms with E-state index < -0.39 is 10.0 Å². The first kappa shape index (κ1) is 18.7. The minimum Gasteiger partial charge on any atom is -0.451 e. The SMILES string of the molecule is Cc1ccc(S(=O)(=O)N2CCN(C(=O)c3cc4cc(Br)ccc4o3)CC2)s1. The second-order valence-electron chi connectivity index (χ2n) is 6.35. The molecular formula is C18H17BrN2O4S2. The molecule has 0 atom stereocenters. The van der Waals surface area contributed by atoms with Crippen LogP contribution in [0.25, 0.3) is 11.0 Å². The van der Waals surface area contributed by atoms with Crippen molar-refractivity contribution in [1.29, 1.82) is 0 Å². The first-order valence-corrected chi connectivity index (χ1v) is 11.4. The number of carbonyl (C=O) groups is 1. The van der Waals surface area contributed by atoms with Crippen LogP contribution in [-0.2, 0) is 10.0 Å². The zero-order valence-electron chi connectivity index (χ0n) is 14.5. The fraction of sp³-hybridized carbons (Fsp3) is 0.278. The molecule has 1 amide bonds. The summed E-state index contributed by atoms with van der Waals surface area (Å²) in [6.07, 6.45) is 0. The largest absolute Gasteiger partial charge is 0.451 e. The fourth-order valence-electron chi connectivity index (χ4n) is 3.08. The number of sulfonamides is 1. The third-order valence-electron chi connectivity index (χ3n) is 4.52. The van der Waals surface area contributed by atoms with E-state index in [9.17, 15) is 13.2 Å². The Balaban J connectivity index is 1.47. The van der Waals surface area contributed by atoms with E-state index in [4.69, 9.17) is 4.42 Å². The maximum atomic E-state index is 12.7. The van der Waals surface area contributed by atoms with Crippen molar-refractivity contribution in [1.82, 2.24) is 9.21 Å². The number of halogens is 1. The lowest BCUT2D eigenvalue weighted by atomic mass is 10.2. The number of fused-ring (bicyclic) bond motifs is 1. The van der Waals surface area contributed by atoms with Crippen LogP contribution in [0, 0.1) is 6.92 Å². The normalized spacial score (nSPS) is 16.1. The minimum absolute atomic E-state index is 0.216. The quantitative estimate of drug-likeness (QED) is 0.587. The van der Waals surface area contributed by atoms with Gasteiger partial charge in [-0.2, -0.15) is 4.31 Å². The van der Waals surface area contributed by atoms with Crippen molar-refractivity contribution in [3.8, 4) is 0 Å². The van der Waals surface area contributed by atoms with Crippen LogP contribution >= 0.6 is 27.3 Å². The van der Waals surface area contributed by atoms with Crippen LogP contribution < -0.4 is 0 Å². The Morgan fingerprint density at radius 2 is 1.85 bits per heavy atom. The van der Waals surface area contributed by atoms with Gasteiger partial charge in [0, 0.05) is 40.9 Å². The molecular weight excluding hydrogens is 452 g/mol. The van der Waals surface area contributed by atoms with Gasteiger partial charge in [0.2, 0.25) is 0 Å². The number of furan rings is 1. The minimum atomic E-state index is -3.50. The third-order valence-corrected chi connectivity index (χ3v) is 8.38. The monoisotopic (exact) mass is 468 g/mol. The van der Waals surface area contributed by atoms with Crippen LogP contribution in [0.4, 0.5) is 0 Å². The number of piperazine rings is 1. The van der Waals surface area contributed by atoms with Gasteiger partial charge in [0.1, 0.15) is 9.79 Å². The van der Waals surface area contributed by atoms with Crippen molar-refractivity contribution in [2.45, 2.75) is 11.1 Å².